The summed E-state index contributed by atoms with van der Waals surface area (Å²) in [5.41, 5.74) is 0.187. The SMILES string of the molecule is O=C(Cn1c2c(sc1=O)[C@@H](c1ccccc1)[C@H]1C(=O)N(c3ccc(Br)cc3)C(=O)[C@H]1S2)Nc1cccc(C(F)(F)F)c1. The van der Waals surface area contributed by atoms with Crippen LogP contribution in [-0.2, 0) is 27.1 Å². The van der Waals surface area contributed by atoms with Gasteiger partial charge in [0.2, 0.25) is 17.7 Å². The predicted molar refractivity (Wildman–Crippen MR) is 157 cm³/mol. The molecule has 6 rings (SSSR count). The fourth-order valence-electron chi connectivity index (χ4n) is 5.24. The maximum atomic E-state index is 13.9. The number of anilines is 2. The van der Waals surface area contributed by atoms with Gasteiger partial charge < -0.3 is 5.32 Å². The van der Waals surface area contributed by atoms with E-state index in [1.807, 2.05) is 30.3 Å². The molecular formula is C29H19BrF3N3O4S2. The Labute approximate surface area is 253 Å². The number of thioether (sulfide) groups is 1. The summed E-state index contributed by atoms with van der Waals surface area (Å²) in [5.74, 6) is -2.92. The Morgan fingerprint density at radius 1 is 0.929 bits per heavy atom. The molecule has 2 aliphatic rings. The van der Waals surface area contributed by atoms with Gasteiger partial charge in [-0.05, 0) is 48.0 Å². The number of nitrogens with one attached hydrogen (secondary N) is 1. The summed E-state index contributed by atoms with van der Waals surface area (Å²) in [7, 11) is 0. The Morgan fingerprint density at radius 3 is 2.33 bits per heavy atom. The second-order valence-corrected chi connectivity index (χ2v) is 12.7. The van der Waals surface area contributed by atoms with Gasteiger partial charge >= 0.3 is 11.0 Å². The van der Waals surface area contributed by atoms with Gasteiger partial charge in [-0.2, -0.15) is 13.2 Å². The fourth-order valence-corrected chi connectivity index (χ4v) is 8.27. The van der Waals surface area contributed by atoms with E-state index in [4.69, 9.17) is 0 Å². The molecule has 7 nitrogen and oxygen atoms in total. The summed E-state index contributed by atoms with van der Waals surface area (Å²) in [4.78, 5) is 55.0. The number of hydrogen-bond donors (Lipinski definition) is 1. The van der Waals surface area contributed by atoms with Crippen LogP contribution in [0.25, 0.3) is 0 Å². The quantitative estimate of drug-likeness (QED) is 0.258. The number of rotatable bonds is 5. The highest BCUT2D eigenvalue weighted by Gasteiger charge is 2.56. The lowest BCUT2D eigenvalue weighted by Gasteiger charge is -2.30. The van der Waals surface area contributed by atoms with Crippen LogP contribution in [0.15, 0.2) is 93.2 Å². The average Bonchev–Trinajstić information content (AvgIpc) is 3.40. The summed E-state index contributed by atoms with van der Waals surface area (Å²) in [6, 6.07) is 20.1. The Balaban J connectivity index is 1.36. The molecular weight excluding hydrogens is 655 g/mol. The molecule has 0 unspecified atom stereocenters. The van der Waals surface area contributed by atoms with E-state index in [-0.39, 0.29) is 11.6 Å². The summed E-state index contributed by atoms with van der Waals surface area (Å²) in [5, 5.41) is 1.96. The fraction of sp³-hybridized carbons (Fsp3) is 0.172. The second kappa shape index (κ2) is 10.9. The van der Waals surface area contributed by atoms with Crippen molar-refractivity contribution >= 4 is 68.1 Å². The maximum absolute atomic E-state index is 13.9. The third kappa shape index (κ3) is 5.09. The Kier molecular flexibility index (Phi) is 7.36. The molecule has 3 atom stereocenters. The van der Waals surface area contributed by atoms with Crippen molar-refractivity contribution in [3.63, 3.8) is 0 Å². The molecule has 42 heavy (non-hydrogen) atoms. The molecule has 2 aliphatic heterocycles. The van der Waals surface area contributed by atoms with Gasteiger partial charge in [0, 0.05) is 21.0 Å². The lowest BCUT2D eigenvalue weighted by molar-refractivity contribution is -0.137. The zero-order valence-electron chi connectivity index (χ0n) is 21.3. The van der Waals surface area contributed by atoms with Gasteiger partial charge in [-0.15, -0.1) is 0 Å². The average molecular weight is 675 g/mol. The Bertz CT molecular complexity index is 1770. The zero-order valence-corrected chi connectivity index (χ0v) is 24.5. The van der Waals surface area contributed by atoms with Crippen molar-refractivity contribution < 1.29 is 27.6 Å². The number of benzene rings is 3. The normalized spacial score (nSPS) is 19.9. The van der Waals surface area contributed by atoms with Gasteiger partial charge in [0.25, 0.3) is 0 Å². The van der Waals surface area contributed by atoms with Crippen LogP contribution in [0, 0.1) is 5.92 Å². The van der Waals surface area contributed by atoms with Crippen molar-refractivity contribution in [2.24, 2.45) is 5.92 Å². The maximum Gasteiger partial charge on any atom is 0.416 e. The zero-order chi connectivity index (χ0) is 29.8. The van der Waals surface area contributed by atoms with Gasteiger partial charge in [-0.3, -0.25) is 23.7 Å². The molecule has 1 aromatic heterocycles. The molecule has 0 bridgehead atoms. The van der Waals surface area contributed by atoms with E-state index >= 15 is 0 Å². The molecule has 3 heterocycles. The number of alkyl halides is 3. The van der Waals surface area contributed by atoms with Crippen LogP contribution in [0.3, 0.4) is 0 Å². The number of fused-ring (bicyclic) bond motifs is 2. The number of imide groups is 1. The largest absolute Gasteiger partial charge is 0.416 e. The van der Waals surface area contributed by atoms with E-state index < -0.39 is 52.1 Å². The van der Waals surface area contributed by atoms with Gasteiger partial charge in [0.1, 0.15) is 11.8 Å². The Hall–Kier alpha value is -3.68. The lowest BCUT2D eigenvalue weighted by atomic mass is 9.83. The molecule has 214 valence electrons. The van der Waals surface area contributed by atoms with E-state index in [1.165, 1.54) is 21.6 Å². The highest BCUT2D eigenvalue weighted by molar-refractivity contribution is 9.10. The van der Waals surface area contributed by atoms with Crippen LogP contribution in [0.4, 0.5) is 24.5 Å². The van der Waals surface area contributed by atoms with Gasteiger partial charge in [0.05, 0.1) is 22.2 Å². The van der Waals surface area contributed by atoms with Gasteiger partial charge in [-0.25, -0.2) is 4.90 Å². The number of carbonyl (C=O) groups is 3. The van der Waals surface area contributed by atoms with E-state index in [1.54, 1.807) is 24.3 Å². The van der Waals surface area contributed by atoms with Crippen LogP contribution in [-0.4, -0.2) is 27.5 Å². The number of amides is 3. The molecule has 0 aliphatic carbocycles. The van der Waals surface area contributed by atoms with Crippen LogP contribution >= 0.6 is 39.0 Å². The molecule has 4 aromatic rings. The number of nitrogens with zero attached hydrogens (tertiary/aromatic N) is 2. The summed E-state index contributed by atoms with van der Waals surface area (Å²) >= 11 is 5.32. The van der Waals surface area contributed by atoms with Crippen molar-refractivity contribution in [2.45, 2.75) is 28.9 Å². The number of thiazole rings is 1. The van der Waals surface area contributed by atoms with Crippen molar-refractivity contribution in [3.8, 4) is 0 Å². The highest BCUT2D eigenvalue weighted by Crippen LogP contribution is 2.53. The van der Waals surface area contributed by atoms with Gasteiger partial charge in [-0.1, -0.05) is 75.4 Å². The molecule has 3 aromatic carbocycles. The standard InChI is InChI=1S/C29H19BrF3N3O4S2/c30-17-9-11-19(12-10-17)36-25(38)22-21(15-5-2-1-3-6-15)24-27(41-23(22)26(36)39)35(28(40)42-24)14-20(37)34-18-8-4-7-16(13-18)29(31,32)33/h1-13,21-23H,14H2,(H,34,37)/t21-,22+,23-/m0/s1. The summed E-state index contributed by atoms with van der Waals surface area (Å²) in [6.45, 7) is -0.481. The minimum Gasteiger partial charge on any atom is -0.325 e. The third-order valence-corrected chi connectivity index (χ3v) is 10.2. The van der Waals surface area contributed by atoms with Crippen LogP contribution in [0.2, 0.25) is 0 Å². The molecule has 0 spiro atoms. The van der Waals surface area contributed by atoms with E-state index in [9.17, 15) is 32.3 Å². The Morgan fingerprint density at radius 2 is 1.64 bits per heavy atom. The minimum atomic E-state index is -4.58. The number of carbonyl (C=O) groups excluding carboxylic acids is 3. The minimum absolute atomic E-state index is 0.0662. The van der Waals surface area contributed by atoms with Crippen molar-refractivity contribution in [1.29, 1.82) is 0 Å². The molecule has 0 saturated carbocycles. The van der Waals surface area contributed by atoms with Crippen LogP contribution < -0.4 is 15.1 Å². The topological polar surface area (TPSA) is 88.5 Å². The number of halogens is 4. The molecule has 3 amide bonds. The number of hydrogen-bond acceptors (Lipinski definition) is 6. The molecule has 1 saturated heterocycles. The highest BCUT2D eigenvalue weighted by atomic mass is 79.9. The predicted octanol–water partition coefficient (Wildman–Crippen LogP) is 6.13. The summed E-state index contributed by atoms with van der Waals surface area (Å²) < 4.78 is 41.4. The third-order valence-electron chi connectivity index (χ3n) is 7.07. The monoisotopic (exact) mass is 673 g/mol. The molecule has 0 radical (unpaired) electrons. The second-order valence-electron chi connectivity index (χ2n) is 9.69. The molecule has 1 N–H and O–H groups in total. The smallest absolute Gasteiger partial charge is 0.325 e. The van der Waals surface area contributed by atoms with Crippen molar-refractivity contribution in [3.05, 3.63) is 109 Å². The first kappa shape index (κ1) is 28.4. The first-order valence-electron chi connectivity index (χ1n) is 12.6. The number of aromatic nitrogens is 1. The van der Waals surface area contributed by atoms with Crippen molar-refractivity contribution in [1.82, 2.24) is 4.57 Å². The van der Waals surface area contributed by atoms with E-state index in [0.717, 1.165) is 45.3 Å². The first-order chi connectivity index (χ1) is 20.0. The van der Waals surface area contributed by atoms with Crippen LogP contribution in [0.1, 0.15) is 21.9 Å². The lowest BCUT2D eigenvalue weighted by Crippen LogP contribution is -2.33. The van der Waals surface area contributed by atoms with Crippen molar-refractivity contribution in [2.75, 3.05) is 10.2 Å². The molecule has 1 fully saturated rings. The van der Waals surface area contributed by atoms with E-state index in [2.05, 4.69) is 21.2 Å². The first-order valence-corrected chi connectivity index (χ1v) is 15.1. The molecule has 13 heteroatoms. The van der Waals surface area contributed by atoms with Crippen LogP contribution in [0.5, 0.6) is 0 Å². The summed E-state index contributed by atoms with van der Waals surface area (Å²) in [6.07, 6.45) is -4.58. The van der Waals surface area contributed by atoms with Gasteiger partial charge in [0.15, 0.2) is 0 Å². The van der Waals surface area contributed by atoms with E-state index in [0.29, 0.717) is 15.6 Å².